The van der Waals surface area contributed by atoms with E-state index in [9.17, 15) is 0 Å². The Morgan fingerprint density at radius 1 is 1.16 bits per heavy atom. The molecule has 0 aliphatic heterocycles. The van der Waals surface area contributed by atoms with Crippen LogP contribution in [0.15, 0.2) is 42.5 Å². The second-order valence-corrected chi connectivity index (χ2v) is 5.52. The van der Waals surface area contributed by atoms with Crippen molar-refractivity contribution in [3.05, 3.63) is 42.5 Å². The molecule has 2 aromatic carbocycles. The summed E-state index contributed by atoms with van der Waals surface area (Å²) >= 11 is 3.57. The number of fused-ring (bicyclic) bond motifs is 1. The van der Waals surface area contributed by atoms with Crippen LogP contribution in [0.1, 0.15) is 0 Å². The van der Waals surface area contributed by atoms with Crippen LogP contribution in [0.2, 0.25) is 0 Å². The summed E-state index contributed by atoms with van der Waals surface area (Å²) in [5.41, 5.74) is 3.25. The van der Waals surface area contributed by atoms with Crippen LogP contribution in [0.25, 0.3) is 20.8 Å². The molecule has 0 unspecified atom stereocenters. The van der Waals surface area contributed by atoms with E-state index in [4.69, 9.17) is 3.07 Å². The number of nitrogens with one attached hydrogen (secondary N) is 1. The van der Waals surface area contributed by atoms with Crippen LogP contribution in [-0.4, -0.2) is 12.0 Å². The maximum absolute atomic E-state index is 5.21. The first-order valence-corrected chi connectivity index (χ1v) is 7.47. The van der Waals surface area contributed by atoms with E-state index in [-0.39, 0.29) is 0 Å². The Balaban J connectivity index is 2.04. The van der Waals surface area contributed by atoms with Crippen LogP contribution in [0, 0.1) is 0 Å². The number of benzene rings is 2. The molecule has 96 valence electrons. The number of hydrogen-bond acceptors (Lipinski definition) is 4. The van der Waals surface area contributed by atoms with Gasteiger partial charge in [-0.2, -0.15) is 0 Å². The zero-order valence-electron chi connectivity index (χ0n) is 10.2. The lowest BCUT2D eigenvalue weighted by molar-refractivity contribution is 0.719. The number of nitrogens with zero attached hydrogens (tertiary/aromatic N) is 1. The Labute approximate surface area is 129 Å². The van der Waals surface area contributed by atoms with E-state index < -0.39 is 0 Å². The summed E-state index contributed by atoms with van der Waals surface area (Å²) in [6.45, 7) is 0. The third kappa shape index (κ3) is 2.52. The fraction of sp³-hybridized carbons (Fsp3) is 0.0714. The molecule has 0 bridgehead atoms. The van der Waals surface area contributed by atoms with Crippen molar-refractivity contribution in [2.75, 3.05) is 12.4 Å². The maximum Gasteiger partial charge on any atom is 0.192 e. The highest BCUT2D eigenvalue weighted by atomic mass is 127. The molecule has 0 aliphatic carbocycles. The van der Waals surface area contributed by atoms with Gasteiger partial charge in [-0.05, 0) is 36.4 Å². The molecule has 0 spiro atoms. The fourth-order valence-corrected chi connectivity index (χ4v) is 3.13. The number of rotatable bonds is 3. The van der Waals surface area contributed by atoms with Gasteiger partial charge in [0.2, 0.25) is 0 Å². The van der Waals surface area contributed by atoms with Gasteiger partial charge in [-0.25, -0.2) is 4.98 Å². The molecule has 3 aromatic rings. The van der Waals surface area contributed by atoms with Crippen molar-refractivity contribution < 1.29 is 3.07 Å². The quantitative estimate of drug-likeness (QED) is 0.665. The Morgan fingerprint density at radius 2 is 1.95 bits per heavy atom. The highest BCUT2D eigenvalue weighted by Crippen LogP contribution is 2.33. The van der Waals surface area contributed by atoms with Crippen LogP contribution < -0.4 is 8.38 Å². The van der Waals surface area contributed by atoms with Crippen molar-refractivity contribution in [1.82, 2.24) is 4.98 Å². The molecule has 1 heterocycles. The molecule has 3 nitrogen and oxygen atoms in total. The molecule has 0 amide bonds. The molecule has 1 aromatic heterocycles. The largest absolute Gasteiger partial charge is 0.428 e. The van der Waals surface area contributed by atoms with Gasteiger partial charge in [0.1, 0.15) is 10.8 Å². The van der Waals surface area contributed by atoms with Crippen molar-refractivity contribution >= 4 is 50.2 Å². The van der Waals surface area contributed by atoms with E-state index in [0.717, 1.165) is 32.2 Å². The molecule has 0 saturated heterocycles. The lowest BCUT2D eigenvalue weighted by Gasteiger charge is -2.00. The third-order valence-corrected chi connectivity index (χ3v) is 4.45. The van der Waals surface area contributed by atoms with Gasteiger partial charge < -0.3 is 8.38 Å². The summed E-state index contributed by atoms with van der Waals surface area (Å²) in [4.78, 5) is 4.65. The highest BCUT2D eigenvalue weighted by molar-refractivity contribution is 14.1. The van der Waals surface area contributed by atoms with Gasteiger partial charge in [-0.3, -0.25) is 0 Å². The smallest absolute Gasteiger partial charge is 0.192 e. The van der Waals surface area contributed by atoms with Crippen molar-refractivity contribution in [2.45, 2.75) is 0 Å². The standard InChI is InChI=1S/C14H11IN2OS/c1-16-10-4-2-9(3-5-10)14-17-12-7-6-11(18-15)8-13(12)19-14/h2-8,16H,1H3. The number of anilines is 1. The van der Waals surface area contributed by atoms with Gasteiger partial charge in [0, 0.05) is 24.4 Å². The SMILES string of the molecule is CNc1ccc(-c2nc3ccc(OI)cc3s2)cc1. The van der Waals surface area contributed by atoms with E-state index in [0.29, 0.717) is 0 Å². The lowest BCUT2D eigenvalue weighted by atomic mass is 10.2. The predicted molar refractivity (Wildman–Crippen MR) is 89.3 cm³/mol. The molecule has 0 aliphatic rings. The summed E-state index contributed by atoms with van der Waals surface area (Å²) in [6, 6.07) is 14.2. The summed E-state index contributed by atoms with van der Waals surface area (Å²) in [7, 11) is 1.91. The van der Waals surface area contributed by atoms with Gasteiger partial charge >= 0.3 is 0 Å². The number of aromatic nitrogens is 1. The van der Waals surface area contributed by atoms with Crippen LogP contribution in [0.4, 0.5) is 5.69 Å². The van der Waals surface area contributed by atoms with Crippen LogP contribution in [0.5, 0.6) is 5.75 Å². The molecule has 1 N–H and O–H groups in total. The van der Waals surface area contributed by atoms with Crippen molar-refractivity contribution in [2.24, 2.45) is 0 Å². The second kappa shape index (κ2) is 5.34. The molecule has 0 saturated carbocycles. The minimum absolute atomic E-state index is 0.855. The molecule has 3 rings (SSSR count). The third-order valence-electron chi connectivity index (χ3n) is 2.87. The fourth-order valence-electron chi connectivity index (χ4n) is 1.86. The first-order chi connectivity index (χ1) is 9.30. The molecule has 5 heteroatoms. The normalized spacial score (nSPS) is 10.6. The minimum atomic E-state index is 0.855. The van der Waals surface area contributed by atoms with Gasteiger partial charge in [-0.15, -0.1) is 11.3 Å². The van der Waals surface area contributed by atoms with E-state index in [1.807, 2.05) is 48.3 Å². The van der Waals surface area contributed by atoms with Crippen LogP contribution in [-0.2, 0) is 0 Å². The first kappa shape index (κ1) is 12.7. The van der Waals surface area contributed by atoms with Gasteiger partial charge in [0.05, 0.1) is 10.2 Å². The van der Waals surface area contributed by atoms with Crippen LogP contribution in [0.3, 0.4) is 0 Å². The van der Waals surface area contributed by atoms with E-state index in [1.54, 1.807) is 11.3 Å². The topological polar surface area (TPSA) is 34.2 Å². The first-order valence-electron chi connectivity index (χ1n) is 5.77. The summed E-state index contributed by atoms with van der Waals surface area (Å²) in [6.07, 6.45) is 0. The number of thiazole rings is 1. The molecular weight excluding hydrogens is 371 g/mol. The molecule has 0 fully saturated rings. The Bertz CT molecular complexity index is 709. The maximum atomic E-state index is 5.21. The monoisotopic (exact) mass is 382 g/mol. The lowest BCUT2D eigenvalue weighted by Crippen LogP contribution is -1.86. The summed E-state index contributed by atoms with van der Waals surface area (Å²) in [5.74, 6) is 0.855. The molecular formula is C14H11IN2OS. The van der Waals surface area contributed by atoms with Gasteiger partial charge in [-0.1, -0.05) is 0 Å². The highest BCUT2D eigenvalue weighted by Gasteiger charge is 2.07. The van der Waals surface area contributed by atoms with E-state index in [2.05, 4.69) is 34.6 Å². The van der Waals surface area contributed by atoms with E-state index in [1.165, 1.54) is 0 Å². The molecule has 0 atom stereocenters. The van der Waals surface area contributed by atoms with E-state index >= 15 is 0 Å². The molecule has 19 heavy (non-hydrogen) atoms. The number of hydrogen-bond donors (Lipinski definition) is 1. The zero-order valence-corrected chi connectivity index (χ0v) is 13.2. The zero-order chi connectivity index (χ0) is 13.2. The van der Waals surface area contributed by atoms with Gasteiger partial charge in [0.25, 0.3) is 0 Å². The number of halogens is 1. The summed E-state index contributed by atoms with van der Waals surface area (Å²) < 4.78 is 6.35. The summed E-state index contributed by atoms with van der Waals surface area (Å²) in [5, 5.41) is 4.14. The Kier molecular flexibility index (Phi) is 3.56. The Morgan fingerprint density at radius 3 is 2.63 bits per heavy atom. The second-order valence-electron chi connectivity index (χ2n) is 4.05. The van der Waals surface area contributed by atoms with Crippen molar-refractivity contribution in [1.29, 1.82) is 0 Å². The van der Waals surface area contributed by atoms with Crippen molar-refractivity contribution in [3.63, 3.8) is 0 Å². The van der Waals surface area contributed by atoms with Crippen LogP contribution >= 0.6 is 34.3 Å². The Hall–Kier alpha value is -1.34. The molecule has 0 radical (unpaired) electrons. The predicted octanol–water partition coefficient (Wildman–Crippen LogP) is 4.73. The van der Waals surface area contributed by atoms with Crippen molar-refractivity contribution in [3.8, 4) is 16.3 Å². The average Bonchev–Trinajstić information content (AvgIpc) is 2.90. The minimum Gasteiger partial charge on any atom is -0.428 e. The van der Waals surface area contributed by atoms with Gasteiger partial charge in [0.15, 0.2) is 23.0 Å². The average molecular weight is 382 g/mol.